The highest BCUT2D eigenvalue weighted by molar-refractivity contribution is 5.22. The van der Waals surface area contributed by atoms with E-state index >= 15 is 0 Å². The Hall–Kier alpha value is -2.00. The molecule has 1 fully saturated rings. The molecule has 2 atom stereocenters. The molecule has 3 nitrogen and oxygen atoms in total. The van der Waals surface area contributed by atoms with Crippen LogP contribution in [0, 0.1) is 0 Å². The third-order valence-corrected chi connectivity index (χ3v) is 3.84. The van der Waals surface area contributed by atoms with Crippen LogP contribution in [0.1, 0.15) is 19.3 Å². The van der Waals surface area contributed by atoms with Crippen LogP contribution in [-0.4, -0.2) is 24.4 Å². The van der Waals surface area contributed by atoms with Gasteiger partial charge in [0.1, 0.15) is 11.5 Å². The van der Waals surface area contributed by atoms with Gasteiger partial charge in [0.25, 0.3) is 0 Å². The number of rotatable bonds is 4. The molecule has 1 heterocycles. The predicted molar refractivity (Wildman–Crippen MR) is 83.3 cm³/mol. The zero-order valence-corrected chi connectivity index (χ0v) is 12.3. The summed E-state index contributed by atoms with van der Waals surface area (Å²) in [5.41, 5.74) is 0. The van der Waals surface area contributed by atoms with E-state index in [0.29, 0.717) is 0 Å². The average Bonchev–Trinajstić information content (AvgIpc) is 2.53. The van der Waals surface area contributed by atoms with Crippen LogP contribution in [-0.2, 0) is 0 Å². The van der Waals surface area contributed by atoms with Crippen LogP contribution in [0.15, 0.2) is 60.7 Å². The minimum absolute atomic E-state index is 0.0647. The number of ether oxygens (including phenoxy) is 2. The number of para-hydroxylation sites is 2. The standard InChI is InChI=1S/C18H21NO2/c1-19-17(20-15-9-4-2-5-10-15)13-8-14-18(19)21-16-11-6-3-7-12-16/h2-7,9-12,17-18H,8,13-14H2,1H3. The zero-order valence-electron chi connectivity index (χ0n) is 12.3. The monoisotopic (exact) mass is 283 g/mol. The molecule has 2 aromatic carbocycles. The second-order valence-corrected chi connectivity index (χ2v) is 5.37. The van der Waals surface area contributed by atoms with E-state index in [1.807, 2.05) is 60.7 Å². The molecule has 0 bridgehead atoms. The number of likely N-dealkylation sites (tertiary alicyclic amines) is 1. The molecule has 1 aliphatic rings. The molecule has 0 radical (unpaired) electrons. The molecule has 2 unspecified atom stereocenters. The van der Waals surface area contributed by atoms with Crippen molar-refractivity contribution in [2.75, 3.05) is 7.05 Å². The Kier molecular flexibility index (Phi) is 4.41. The molecule has 3 heteroatoms. The van der Waals surface area contributed by atoms with Crippen molar-refractivity contribution in [1.82, 2.24) is 4.90 Å². The minimum atomic E-state index is 0.0647. The molecule has 1 saturated heterocycles. The van der Waals surface area contributed by atoms with Gasteiger partial charge in [-0.25, -0.2) is 4.90 Å². The maximum absolute atomic E-state index is 6.08. The van der Waals surface area contributed by atoms with E-state index in [1.165, 1.54) is 0 Å². The van der Waals surface area contributed by atoms with E-state index in [2.05, 4.69) is 11.9 Å². The van der Waals surface area contributed by atoms with E-state index in [1.54, 1.807) is 0 Å². The van der Waals surface area contributed by atoms with E-state index in [4.69, 9.17) is 9.47 Å². The molecule has 0 aromatic heterocycles. The Balaban J connectivity index is 1.64. The quantitative estimate of drug-likeness (QED) is 0.849. The van der Waals surface area contributed by atoms with Crippen LogP contribution in [0.25, 0.3) is 0 Å². The molecule has 2 aromatic rings. The Morgan fingerprint density at radius 1 is 0.762 bits per heavy atom. The lowest BCUT2D eigenvalue weighted by molar-refractivity contribution is -0.0908. The van der Waals surface area contributed by atoms with Gasteiger partial charge in [-0.1, -0.05) is 36.4 Å². The molecule has 0 N–H and O–H groups in total. The van der Waals surface area contributed by atoms with Gasteiger partial charge in [-0.2, -0.15) is 0 Å². The van der Waals surface area contributed by atoms with Gasteiger partial charge < -0.3 is 9.47 Å². The molecule has 0 amide bonds. The van der Waals surface area contributed by atoms with Crippen LogP contribution in [0.5, 0.6) is 11.5 Å². The normalized spacial score (nSPS) is 22.7. The number of piperidine rings is 1. The molecule has 0 aliphatic carbocycles. The molecule has 110 valence electrons. The number of hydrogen-bond acceptors (Lipinski definition) is 3. The second kappa shape index (κ2) is 6.64. The van der Waals surface area contributed by atoms with Crippen molar-refractivity contribution in [1.29, 1.82) is 0 Å². The second-order valence-electron chi connectivity index (χ2n) is 5.37. The maximum Gasteiger partial charge on any atom is 0.155 e. The largest absolute Gasteiger partial charge is 0.475 e. The molecule has 21 heavy (non-hydrogen) atoms. The Bertz CT molecular complexity index is 494. The van der Waals surface area contributed by atoms with Gasteiger partial charge in [0.15, 0.2) is 12.5 Å². The highest BCUT2D eigenvalue weighted by Gasteiger charge is 2.30. The lowest BCUT2D eigenvalue weighted by atomic mass is 10.1. The lowest BCUT2D eigenvalue weighted by Gasteiger charge is -2.38. The van der Waals surface area contributed by atoms with Crippen molar-refractivity contribution in [2.24, 2.45) is 0 Å². The number of benzene rings is 2. The van der Waals surface area contributed by atoms with Crippen molar-refractivity contribution in [3.63, 3.8) is 0 Å². The summed E-state index contributed by atoms with van der Waals surface area (Å²) >= 11 is 0. The van der Waals surface area contributed by atoms with E-state index in [0.717, 1.165) is 30.8 Å². The van der Waals surface area contributed by atoms with Crippen molar-refractivity contribution in [3.05, 3.63) is 60.7 Å². The Morgan fingerprint density at radius 2 is 1.19 bits per heavy atom. The summed E-state index contributed by atoms with van der Waals surface area (Å²) in [5.74, 6) is 1.82. The first kappa shape index (κ1) is 14.0. The topological polar surface area (TPSA) is 21.7 Å². The van der Waals surface area contributed by atoms with Gasteiger partial charge in [-0.3, -0.25) is 0 Å². The van der Waals surface area contributed by atoms with E-state index in [-0.39, 0.29) is 12.5 Å². The van der Waals surface area contributed by atoms with E-state index < -0.39 is 0 Å². The van der Waals surface area contributed by atoms with Crippen molar-refractivity contribution >= 4 is 0 Å². The summed E-state index contributed by atoms with van der Waals surface area (Å²) in [6.45, 7) is 0. The smallest absolute Gasteiger partial charge is 0.155 e. The molecule has 1 aliphatic heterocycles. The van der Waals surface area contributed by atoms with Crippen LogP contribution < -0.4 is 9.47 Å². The SMILES string of the molecule is CN1C(Oc2ccccc2)CCCC1Oc1ccccc1. The molecule has 0 spiro atoms. The van der Waals surface area contributed by atoms with E-state index in [9.17, 15) is 0 Å². The average molecular weight is 283 g/mol. The Morgan fingerprint density at radius 3 is 1.62 bits per heavy atom. The highest BCUT2D eigenvalue weighted by Crippen LogP contribution is 2.26. The fraction of sp³-hybridized carbons (Fsp3) is 0.333. The first-order valence-corrected chi connectivity index (χ1v) is 7.48. The summed E-state index contributed by atoms with van der Waals surface area (Å²) in [5, 5.41) is 0. The van der Waals surface area contributed by atoms with Gasteiger partial charge in [-0.15, -0.1) is 0 Å². The van der Waals surface area contributed by atoms with Crippen LogP contribution in [0.4, 0.5) is 0 Å². The van der Waals surface area contributed by atoms with Gasteiger partial charge in [-0.05, 0) is 50.6 Å². The van der Waals surface area contributed by atoms with Gasteiger partial charge in [0.2, 0.25) is 0 Å². The summed E-state index contributed by atoms with van der Waals surface area (Å²) in [6.07, 6.45) is 3.30. The lowest BCUT2D eigenvalue weighted by Crippen LogP contribution is -2.49. The van der Waals surface area contributed by atoms with Gasteiger partial charge in [0.05, 0.1) is 0 Å². The highest BCUT2D eigenvalue weighted by atomic mass is 16.5. The molecule has 0 saturated carbocycles. The first-order valence-electron chi connectivity index (χ1n) is 7.48. The molecule has 3 rings (SSSR count). The Labute approximate surface area is 126 Å². The predicted octanol–water partition coefficient (Wildman–Crippen LogP) is 3.91. The van der Waals surface area contributed by atoms with Gasteiger partial charge >= 0.3 is 0 Å². The summed E-state index contributed by atoms with van der Waals surface area (Å²) in [4.78, 5) is 2.18. The van der Waals surface area contributed by atoms with Crippen molar-refractivity contribution in [3.8, 4) is 11.5 Å². The van der Waals surface area contributed by atoms with Crippen LogP contribution in [0.2, 0.25) is 0 Å². The molecular weight excluding hydrogens is 262 g/mol. The zero-order chi connectivity index (χ0) is 14.5. The third-order valence-electron chi connectivity index (χ3n) is 3.84. The first-order chi connectivity index (χ1) is 10.3. The summed E-state index contributed by atoms with van der Waals surface area (Å²) in [6, 6.07) is 20.0. The summed E-state index contributed by atoms with van der Waals surface area (Å²) < 4.78 is 12.2. The fourth-order valence-electron chi connectivity index (χ4n) is 2.66. The maximum atomic E-state index is 6.08. The van der Waals surface area contributed by atoms with Crippen LogP contribution in [0.3, 0.4) is 0 Å². The summed E-state index contributed by atoms with van der Waals surface area (Å²) in [7, 11) is 2.07. The van der Waals surface area contributed by atoms with Crippen molar-refractivity contribution in [2.45, 2.75) is 31.7 Å². The molecular formula is C18H21NO2. The fourth-order valence-corrected chi connectivity index (χ4v) is 2.66. The third kappa shape index (κ3) is 3.56. The number of hydrogen-bond donors (Lipinski definition) is 0. The minimum Gasteiger partial charge on any atom is -0.475 e. The van der Waals surface area contributed by atoms with Crippen molar-refractivity contribution < 1.29 is 9.47 Å². The van der Waals surface area contributed by atoms with Crippen LogP contribution >= 0.6 is 0 Å². The van der Waals surface area contributed by atoms with Gasteiger partial charge in [0, 0.05) is 0 Å². The number of nitrogens with zero attached hydrogens (tertiary/aromatic N) is 1.